The molecule has 0 aliphatic rings. The van der Waals surface area contributed by atoms with Crippen molar-refractivity contribution in [2.45, 2.75) is 0 Å². The number of halogens is 1. The van der Waals surface area contributed by atoms with Gasteiger partial charge >= 0.3 is 5.97 Å². The first-order valence-corrected chi connectivity index (χ1v) is 4.21. The number of nitrogens with zero attached hydrogens (tertiary/aromatic N) is 2. The van der Waals surface area contributed by atoms with Gasteiger partial charge in [-0.1, -0.05) is 0 Å². The topological polar surface area (TPSA) is 54.6 Å². The van der Waals surface area contributed by atoms with Gasteiger partial charge in [0.15, 0.2) is 11.5 Å². The maximum absolute atomic E-state index is 13.2. The third-order valence-corrected chi connectivity index (χ3v) is 1.91. The summed E-state index contributed by atoms with van der Waals surface area (Å²) in [5.74, 6) is -1.49. The van der Waals surface area contributed by atoms with Gasteiger partial charge in [0.25, 0.3) is 0 Å². The average molecular weight is 206 g/mol. The first-order chi connectivity index (χ1) is 7.18. The van der Waals surface area contributed by atoms with Crippen molar-refractivity contribution in [3.8, 4) is 0 Å². The van der Waals surface area contributed by atoms with Gasteiger partial charge in [-0.25, -0.2) is 14.2 Å². The Balaban J connectivity index is 2.54. The molecule has 0 aliphatic heterocycles. The molecule has 2 rings (SSSR count). The van der Waals surface area contributed by atoms with Crippen LogP contribution in [0.3, 0.4) is 0 Å². The van der Waals surface area contributed by atoms with Crippen LogP contribution in [-0.4, -0.2) is 20.5 Å². The van der Waals surface area contributed by atoms with Gasteiger partial charge in [-0.2, -0.15) is 0 Å². The van der Waals surface area contributed by atoms with E-state index in [1.807, 2.05) is 0 Å². The summed E-state index contributed by atoms with van der Waals surface area (Å²) >= 11 is 0. The van der Waals surface area contributed by atoms with Crippen LogP contribution in [-0.2, 0) is 4.79 Å². The maximum Gasteiger partial charge on any atom is 0.328 e. The van der Waals surface area contributed by atoms with Crippen LogP contribution in [0.1, 0.15) is 5.69 Å². The van der Waals surface area contributed by atoms with Crippen molar-refractivity contribution in [3.63, 3.8) is 0 Å². The van der Waals surface area contributed by atoms with Gasteiger partial charge in [0.1, 0.15) is 0 Å². The van der Waals surface area contributed by atoms with Crippen LogP contribution >= 0.6 is 0 Å². The second-order valence-corrected chi connectivity index (χ2v) is 2.90. The Hall–Kier alpha value is -2.17. The van der Waals surface area contributed by atoms with E-state index in [0.717, 1.165) is 6.08 Å². The number of aliphatic carboxylic acids is 1. The first kappa shape index (κ1) is 9.39. The fraction of sp³-hybridized carbons (Fsp3) is 0. The van der Waals surface area contributed by atoms with Crippen molar-refractivity contribution in [2.24, 2.45) is 0 Å². The second-order valence-electron chi connectivity index (χ2n) is 2.90. The van der Waals surface area contributed by atoms with Gasteiger partial charge in [-0.3, -0.25) is 4.40 Å². The molecule has 0 atom stereocenters. The Labute approximate surface area is 84.3 Å². The lowest BCUT2D eigenvalue weighted by Crippen LogP contribution is -1.91. The molecule has 0 amide bonds. The predicted molar refractivity (Wildman–Crippen MR) is 51.8 cm³/mol. The van der Waals surface area contributed by atoms with Crippen molar-refractivity contribution in [3.05, 3.63) is 42.1 Å². The Bertz CT molecular complexity index is 545. The number of aromatic nitrogens is 2. The molecule has 0 bridgehead atoms. The Kier molecular flexibility index (Phi) is 2.21. The summed E-state index contributed by atoms with van der Waals surface area (Å²) in [6.45, 7) is 0. The largest absolute Gasteiger partial charge is 0.478 e. The molecule has 1 N–H and O–H groups in total. The number of hydrogen-bond donors (Lipinski definition) is 1. The zero-order valence-electron chi connectivity index (χ0n) is 7.59. The number of carbonyl (C=O) groups is 1. The Morgan fingerprint density at radius 1 is 1.60 bits per heavy atom. The molecule has 0 aliphatic carbocycles. The number of pyridine rings is 1. The number of carboxylic acid groups (broad SMARTS) is 1. The van der Waals surface area contributed by atoms with E-state index < -0.39 is 11.8 Å². The molecule has 0 spiro atoms. The molecule has 5 heteroatoms. The molecule has 2 aromatic heterocycles. The smallest absolute Gasteiger partial charge is 0.328 e. The van der Waals surface area contributed by atoms with E-state index in [4.69, 9.17) is 5.11 Å². The van der Waals surface area contributed by atoms with Crippen LogP contribution < -0.4 is 0 Å². The van der Waals surface area contributed by atoms with Crippen LogP contribution in [0.5, 0.6) is 0 Å². The van der Waals surface area contributed by atoms with Crippen molar-refractivity contribution in [2.75, 3.05) is 0 Å². The highest BCUT2D eigenvalue weighted by Crippen LogP contribution is 2.11. The van der Waals surface area contributed by atoms with Crippen LogP contribution in [0, 0.1) is 5.82 Å². The highest BCUT2D eigenvalue weighted by Gasteiger charge is 2.04. The molecule has 0 radical (unpaired) electrons. The van der Waals surface area contributed by atoms with Crippen molar-refractivity contribution in [1.82, 2.24) is 9.38 Å². The fourth-order valence-electron chi connectivity index (χ4n) is 1.28. The molecule has 2 heterocycles. The quantitative estimate of drug-likeness (QED) is 0.759. The lowest BCUT2D eigenvalue weighted by molar-refractivity contribution is -0.131. The van der Waals surface area contributed by atoms with Crippen molar-refractivity contribution < 1.29 is 14.3 Å². The summed E-state index contributed by atoms with van der Waals surface area (Å²) in [6, 6.07) is 2.83. The van der Waals surface area contributed by atoms with Gasteiger partial charge in [0.2, 0.25) is 0 Å². The van der Waals surface area contributed by atoms with Gasteiger partial charge in [0, 0.05) is 12.3 Å². The minimum atomic E-state index is -1.05. The van der Waals surface area contributed by atoms with E-state index >= 15 is 0 Å². The summed E-state index contributed by atoms with van der Waals surface area (Å²) in [4.78, 5) is 14.1. The molecule has 4 nitrogen and oxygen atoms in total. The normalized spacial score (nSPS) is 11.3. The lowest BCUT2D eigenvalue weighted by Gasteiger charge is -1.95. The molecular formula is C10H7FN2O2. The van der Waals surface area contributed by atoms with Gasteiger partial charge in [-0.15, -0.1) is 0 Å². The van der Waals surface area contributed by atoms with E-state index in [-0.39, 0.29) is 5.65 Å². The molecule has 76 valence electrons. The highest BCUT2D eigenvalue weighted by molar-refractivity contribution is 5.85. The van der Waals surface area contributed by atoms with E-state index in [2.05, 4.69) is 4.98 Å². The summed E-state index contributed by atoms with van der Waals surface area (Å²) in [5, 5.41) is 8.45. The van der Waals surface area contributed by atoms with E-state index in [1.165, 1.54) is 28.8 Å². The molecule has 0 fully saturated rings. The molecule has 15 heavy (non-hydrogen) atoms. The maximum atomic E-state index is 13.2. The van der Waals surface area contributed by atoms with E-state index in [1.54, 1.807) is 6.20 Å². The standard InChI is InChI=1S/C10H7FN2O2/c11-8-2-1-5-13-7(3-4-9(14)15)6-12-10(8)13/h1-6H,(H,14,15)/b4-3+. The number of fused-ring (bicyclic) bond motifs is 1. The zero-order chi connectivity index (χ0) is 10.8. The Morgan fingerprint density at radius 3 is 3.13 bits per heavy atom. The molecule has 2 aromatic rings. The third kappa shape index (κ3) is 1.71. The van der Waals surface area contributed by atoms with Crippen molar-refractivity contribution in [1.29, 1.82) is 0 Å². The van der Waals surface area contributed by atoms with Crippen molar-refractivity contribution >= 4 is 17.7 Å². The van der Waals surface area contributed by atoms with Crippen LogP contribution in [0.2, 0.25) is 0 Å². The number of hydrogen-bond acceptors (Lipinski definition) is 2. The number of carboxylic acids is 1. The summed E-state index contributed by atoms with van der Waals surface area (Å²) in [7, 11) is 0. The Morgan fingerprint density at radius 2 is 2.40 bits per heavy atom. The average Bonchev–Trinajstić information content (AvgIpc) is 2.59. The van der Waals surface area contributed by atoms with Crippen LogP contribution in [0.4, 0.5) is 4.39 Å². The predicted octanol–water partition coefficient (Wildman–Crippen LogP) is 1.57. The fourth-order valence-corrected chi connectivity index (χ4v) is 1.28. The minimum Gasteiger partial charge on any atom is -0.478 e. The lowest BCUT2D eigenvalue weighted by atomic mass is 10.4. The summed E-state index contributed by atoms with van der Waals surface area (Å²) in [5.41, 5.74) is 0.703. The van der Waals surface area contributed by atoms with Crippen LogP contribution in [0.15, 0.2) is 30.6 Å². The second kappa shape index (κ2) is 3.53. The third-order valence-electron chi connectivity index (χ3n) is 1.91. The summed E-state index contributed by atoms with van der Waals surface area (Å²) in [6.07, 6.45) is 5.38. The van der Waals surface area contributed by atoms with Crippen LogP contribution in [0.25, 0.3) is 11.7 Å². The number of imidazole rings is 1. The molecule has 0 saturated heterocycles. The summed E-state index contributed by atoms with van der Waals surface area (Å²) < 4.78 is 14.7. The number of rotatable bonds is 2. The molecule has 0 aromatic carbocycles. The molecule has 0 unspecified atom stereocenters. The van der Waals surface area contributed by atoms with Gasteiger partial charge in [-0.05, 0) is 18.2 Å². The zero-order valence-corrected chi connectivity index (χ0v) is 7.59. The SMILES string of the molecule is O=C(O)/C=C/c1cnc2c(F)cccn12. The van der Waals surface area contributed by atoms with Gasteiger partial charge < -0.3 is 5.11 Å². The minimum absolute atomic E-state index is 0.183. The van der Waals surface area contributed by atoms with Gasteiger partial charge in [0.05, 0.1) is 11.9 Å². The molecule has 0 saturated carbocycles. The van der Waals surface area contributed by atoms with E-state index in [0.29, 0.717) is 5.69 Å². The highest BCUT2D eigenvalue weighted by atomic mass is 19.1. The molecular weight excluding hydrogens is 199 g/mol. The van der Waals surface area contributed by atoms with E-state index in [9.17, 15) is 9.18 Å². The first-order valence-electron chi connectivity index (χ1n) is 4.21. The monoisotopic (exact) mass is 206 g/mol.